The number of halogens is 1. The smallest absolute Gasteiger partial charge is 0.311 e. The van der Waals surface area contributed by atoms with Crippen LogP contribution in [0.15, 0.2) is 40.1 Å². The quantitative estimate of drug-likeness (QED) is 0.529. The summed E-state index contributed by atoms with van der Waals surface area (Å²) in [5.41, 5.74) is 1.74. The van der Waals surface area contributed by atoms with E-state index in [1.807, 2.05) is 31.3 Å². The van der Waals surface area contributed by atoms with Crippen molar-refractivity contribution in [1.82, 2.24) is 23.1 Å². The number of hydrogen-bond acceptors (Lipinski definition) is 3. The van der Waals surface area contributed by atoms with Gasteiger partial charge in [0, 0.05) is 30.0 Å². The van der Waals surface area contributed by atoms with E-state index in [0.717, 1.165) is 17.7 Å². The van der Waals surface area contributed by atoms with E-state index in [4.69, 9.17) is 11.6 Å². The van der Waals surface area contributed by atoms with Crippen LogP contribution in [0.2, 0.25) is 5.02 Å². The average Bonchev–Trinajstić information content (AvgIpc) is 3.18. The van der Waals surface area contributed by atoms with Crippen LogP contribution in [0.4, 0.5) is 0 Å². The first-order valence-corrected chi connectivity index (χ1v) is 9.65. The van der Waals surface area contributed by atoms with Crippen LogP contribution < -0.4 is 11.2 Å². The Morgan fingerprint density at radius 3 is 2.61 bits per heavy atom. The molecule has 0 saturated carbocycles. The van der Waals surface area contributed by atoms with Crippen molar-refractivity contribution in [3.8, 4) is 0 Å². The Morgan fingerprint density at radius 2 is 1.93 bits per heavy atom. The molecule has 4 rings (SSSR count). The summed E-state index contributed by atoms with van der Waals surface area (Å²) in [4.78, 5) is 30.8. The fourth-order valence-electron chi connectivity index (χ4n) is 3.69. The highest BCUT2D eigenvalue weighted by Crippen LogP contribution is 2.22. The van der Waals surface area contributed by atoms with E-state index in [2.05, 4.69) is 23.4 Å². The van der Waals surface area contributed by atoms with Crippen LogP contribution in [-0.2, 0) is 13.6 Å². The number of aromatic nitrogens is 5. The van der Waals surface area contributed by atoms with Crippen LogP contribution in [0.25, 0.3) is 16.9 Å². The third kappa shape index (κ3) is 2.61. The normalized spacial score (nSPS) is 12.9. The molecular formula is C20H22ClN5O2. The molecule has 1 unspecified atom stereocenters. The largest absolute Gasteiger partial charge is 0.332 e. The molecule has 7 nitrogen and oxygen atoms in total. The lowest BCUT2D eigenvalue weighted by molar-refractivity contribution is 0.532. The van der Waals surface area contributed by atoms with Gasteiger partial charge in [0.25, 0.3) is 5.56 Å². The van der Waals surface area contributed by atoms with E-state index < -0.39 is 5.69 Å². The predicted molar refractivity (Wildman–Crippen MR) is 110 cm³/mol. The molecule has 0 radical (unpaired) electrons. The third-order valence-electron chi connectivity index (χ3n) is 5.39. The van der Waals surface area contributed by atoms with Crippen molar-refractivity contribution in [1.29, 1.82) is 0 Å². The van der Waals surface area contributed by atoms with Crippen molar-refractivity contribution in [3.63, 3.8) is 0 Å². The number of rotatable bonds is 4. The Morgan fingerprint density at radius 1 is 1.21 bits per heavy atom. The van der Waals surface area contributed by atoms with Gasteiger partial charge in [-0.3, -0.25) is 18.3 Å². The minimum absolute atomic E-state index is 0.111. The molecule has 0 aliphatic rings. The summed E-state index contributed by atoms with van der Waals surface area (Å²) in [5, 5.41) is 0.522. The second kappa shape index (κ2) is 6.67. The average molecular weight is 400 g/mol. The van der Waals surface area contributed by atoms with Crippen LogP contribution in [0.5, 0.6) is 0 Å². The van der Waals surface area contributed by atoms with Gasteiger partial charge in [-0.25, -0.2) is 4.79 Å². The van der Waals surface area contributed by atoms with Gasteiger partial charge in [-0.1, -0.05) is 36.7 Å². The fraction of sp³-hybridized carbons (Fsp3) is 0.350. The van der Waals surface area contributed by atoms with E-state index in [1.54, 1.807) is 17.5 Å². The summed E-state index contributed by atoms with van der Waals surface area (Å²) in [6.07, 6.45) is 2.84. The standard InChI is InChI=1S/C20H22ClN5O2/c1-5-12(2)26-13(3)10-24-16-17(22-19(24)26)23(4)20(28)25(18(16)27)11-14-8-6-7-9-15(14)21/h6-10,12H,5,11H2,1-4H3. The first-order chi connectivity index (χ1) is 13.3. The van der Waals surface area contributed by atoms with Gasteiger partial charge in [-0.05, 0) is 31.9 Å². The van der Waals surface area contributed by atoms with Gasteiger partial charge < -0.3 is 4.57 Å². The molecule has 0 spiro atoms. The molecule has 3 heterocycles. The summed E-state index contributed by atoms with van der Waals surface area (Å²) in [6.45, 7) is 6.33. The molecule has 0 aliphatic heterocycles. The number of nitrogens with zero attached hydrogens (tertiary/aromatic N) is 5. The van der Waals surface area contributed by atoms with Crippen molar-refractivity contribution in [2.45, 2.75) is 39.8 Å². The topological polar surface area (TPSA) is 66.2 Å². The monoisotopic (exact) mass is 399 g/mol. The maximum absolute atomic E-state index is 13.3. The molecule has 146 valence electrons. The summed E-state index contributed by atoms with van der Waals surface area (Å²) in [6, 6.07) is 7.45. The molecule has 3 aromatic heterocycles. The molecule has 0 fully saturated rings. The van der Waals surface area contributed by atoms with Crippen LogP contribution in [0.3, 0.4) is 0 Å². The lowest BCUT2D eigenvalue weighted by Gasteiger charge is -2.12. The highest BCUT2D eigenvalue weighted by molar-refractivity contribution is 6.31. The fourth-order valence-corrected chi connectivity index (χ4v) is 3.89. The predicted octanol–water partition coefficient (Wildman–Crippen LogP) is 3.13. The van der Waals surface area contributed by atoms with Crippen LogP contribution >= 0.6 is 11.6 Å². The Bertz CT molecular complexity index is 1320. The highest BCUT2D eigenvalue weighted by atomic mass is 35.5. The Hall–Kier alpha value is -2.80. The van der Waals surface area contributed by atoms with Crippen molar-refractivity contribution < 1.29 is 0 Å². The number of hydrogen-bond donors (Lipinski definition) is 0. The van der Waals surface area contributed by atoms with E-state index in [1.165, 1.54) is 9.13 Å². The number of benzene rings is 1. The minimum atomic E-state index is -0.412. The molecule has 1 aromatic carbocycles. The molecule has 4 aromatic rings. The van der Waals surface area contributed by atoms with Gasteiger partial charge in [0.1, 0.15) is 0 Å². The lowest BCUT2D eigenvalue weighted by atomic mass is 10.2. The van der Waals surface area contributed by atoms with Gasteiger partial charge in [0.2, 0.25) is 5.78 Å². The zero-order chi connectivity index (χ0) is 20.2. The molecule has 0 saturated heterocycles. The zero-order valence-corrected chi connectivity index (χ0v) is 17.1. The lowest BCUT2D eigenvalue weighted by Crippen LogP contribution is -2.39. The van der Waals surface area contributed by atoms with Gasteiger partial charge in [-0.15, -0.1) is 0 Å². The maximum Gasteiger partial charge on any atom is 0.332 e. The number of aryl methyl sites for hydroxylation is 2. The number of imidazole rings is 2. The van der Waals surface area contributed by atoms with Crippen LogP contribution in [0, 0.1) is 6.92 Å². The minimum Gasteiger partial charge on any atom is -0.311 e. The third-order valence-corrected chi connectivity index (χ3v) is 5.76. The second-order valence-electron chi connectivity index (χ2n) is 7.18. The molecule has 0 bridgehead atoms. The van der Waals surface area contributed by atoms with Crippen molar-refractivity contribution >= 4 is 28.5 Å². The molecule has 8 heteroatoms. The van der Waals surface area contributed by atoms with E-state index in [9.17, 15) is 9.59 Å². The summed E-state index contributed by atoms with van der Waals surface area (Å²) in [5.74, 6) is 0.671. The molecule has 0 N–H and O–H groups in total. The van der Waals surface area contributed by atoms with E-state index >= 15 is 0 Å². The molecular weight excluding hydrogens is 378 g/mol. The SMILES string of the molecule is CCC(C)n1c(C)cn2c3c(=O)n(Cc4ccccc4Cl)c(=O)n(C)c3nc12. The summed E-state index contributed by atoms with van der Waals surface area (Å²) < 4.78 is 6.54. The summed E-state index contributed by atoms with van der Waals surface area (Å²) in [7, 11) is 1.64. The van der Waals surface area contributed by atoms with E-state index in [0.29, 0.717) is 22.0 Å². The molecule has 0 amide bonds. The Labute approximate surface area is 166 Å². The van der Waals surface area contributed by atoms with Crippen molar-refractivity contribution in [3.05, 3.63) is 67.6 Å². The Balaban J connectivity index is 2.04. The maximum atomic E-state index is 13.3. The van der Waals surface area contributed by atoms with Crippen LogP contribution in [-0.4, -0.2) is 23.1 Å². The first kappa shape index (κ1) is 18.6. The zero-order valence-electron chi connectivity index (χ0n) is 16.3. The van der Waals surface area contributed by atoms with Gasteiger partial charge in [-0.2, -0.15) is 4.98 Å². The first-order valence-electron chi connectivity index (χ1n) is 9.28. The van der Waals surface area contributed by atoms with Crippen molar-refractivity contribution in [2.24, 2.45) is 7.05 Å². The Kier molecular flexibility index (Phi) is 4.42. The summed E-state index contributed by atoms with van der Waals surface area (Å²) >= 11 is 6.24. The van der Waals surface area contributed by atoms with Gasteiger partial charge in [0.15, 0.2) is 11.2 Å². The molecule has 28 heavy (non-hydrogen) atoms. The van der Waals surface area contributed by atoms with Gasteiger partial charge >= 0.3 is 5.69 Å². The van der Waals surface area contributed by atoms with E-state index in [-0.39, 0.29) is 18.1 Å². The molecule has 1 atom stereocenters. The second-order valence-corrected chi connectivity index (χ2v) is 7.58. The van der Waals surface area contributed by atoms with Crippen molar-refractivity contribution in [2.75, 3.05) is 0 Å². The highest BCUT2D eigenvalue weighted by Gasteiger charge is 2.21. The number of fused-ring (bicyclic) bond motifs is 3. The molecule has 0 aliphatic carbocycles. The van der Waals surface area contributed by atoms with Crippen LogP contribution in [0.1, 0.15) is 37.6 Å². The van der Waals surface area contributed by atoms with Gasteiger partial charge in [0.05, 0.1) is 6.54 Å².